The molecule has 0 bridgehead atoms. The number of amides is 1. The van der Waals surface area contributed by atoms with Crippen molar-refractivity contribution in [3.8, 4) is 0 Å². The lowest BCUT2D eigenvalue weighted by molar-refractivity contribution is -0.119. The van der Waals surface area contributed by atoms with Crippen molar-refractivity contribution in [2.45, 2.75) is 43.0 Å². The summed E-state index contributed by atoms with van der Waals surface area (Å²) >= 11 is 0. The van der Waals surface area contributed by atoms with E-state index in [9.17, 15) is 13.2 Å². The van der Waals surface area contributed by atoms with E-state index in [1.165, 1.54) is 18.4 Å². The Morgan fingerprint density at radius 2 is 2.04 bits per heavy atom. The summed E-state index contributed by atoms with van der Waals surface area (Å²) in [5, 5.41) is 0. The first-order valence-corrected chi connectivity index (χ1v) is 9.86. The van der Waals surface area contributed by atoms with Crippen molar-refractivity contribution in [3.05, 3.63) is 23.8 Å². The highest BCUT2D eigenvalue weighted by atomic mass is 35.5. The number of hydrogen-bond donors (Lipinski definition) is 1. The monoisotopic (exact) mass is 387 g/mol. The van der Waals surface area contributed by atoms with Crippen LogP contribution >= 0.6 is 12.4 Å². The van der Waals surface area contributed by atoms with Crippen LogP contribution in [0.25, 0.3) is 0 Å². The van der Waals surface area contributed by atoms with Crippen LogP contribution in [-0.4, -0.2) is 45.3 Å². The van der Waals surface area contributed by atoms with Crippen molar-refractivity contribution < 1.29 is 13.2 Å². The molecule has 2 N–H and O–H groups in total. The fraction of sp³-hybridized carbons (Fsp3) is 0.588. The second-order valence-corrected chi connectivity index (χ2v) is 9.08. The van der Waals surface area contributed by atoms with Gasteiger partial charge in [-0.25, -0.2) is 12.7 Å². The van der Waals surface area contributed by atoms with Crippen LogP contribution in [0, 0.1) is 5.92 Å². The Kier molecular flexibility index (Phi) is 6.14. The van der Waals surface area contributed by atoms with E-state index >= 15 is 0 Å². The predicted molar refractivity (Wildman–Crippen MR) is 101 cm³/mol. The number of carbonyl (C=O) groups excluding carboxylic acids is 1. The standard InChI is InChI=1S/C17H25N3O3S.ClH/c1-19(2)24(22,23)14-7-6-12-8-9-20(16(12)11-14)17(21)10-13-4-3-5-15(13)18;/h6-7,11,13,15H,3-5,8-10,18H2,1-2H3;1H/t13-,15+;/m0./s1. The number of halogens is 1. The third kappa shape index (κ3) is 3.84. The largest absolute Gasteiger partial charge is 0.327 e. The van der Waals surface area contributed by atoms with Gasteiger partial charge in [0.25, 0.3) is 0 Å². The fourth-order valence-corrected chi connectivity index (χ4v) is 4.57. The van der Waals surface area contributed by atoms with Gasteiger partial charge in [0.15, 0.2) is 0 Å². The molecule has 1 aromatic rings. The Morgan fingerprint density at radius 1 is 1.32 bits per heavy atom. The number of carbonyl (C=O) groups is 1. The van der Waals surface area contributed by atoms with Crippen LogP contribution < -0.4 is 10.6 Å². The SMILES string of the molecule is CN(C)S(=O)(=O)c1ccc2c(c1)N(C(=O)C[C@@H]1CCC[C@H]1N)CC2.Cl. The molecule has 3 rings (SSSR count). The number of hydrogen-bond acceptors (Lipinski definition) is 4. The normalized spacial score (nSPS) is 22.8. The molecular formula is C17H26ClN3O3S. The minimum Gasteiger partial charge on any atom is -0.327 e. The molecule has 140 valence electrons. The van der Waals surface area contributed by atoms with Gasteiger partial charge in [-0.2, -0.15) is 0 Å². The molecular weight excluding hydrogens is 362 g/mol. The summed E-state index contributed by atoms with van der Waals surface area (Å²) in [7, 11) is -0.490. The summed E-state index contributed by atoms with van der Waals surface area (Å²) in [4.78, 5) is 14.7. The Morgan fingerprint density at radius 3 is 2.64 bits per heavy atom. The van der Waals surface area contributed by atoms with Gasteiger partial charge in [-0.15, -0.1) is 12.4 Å². The topological polar surface area (TPSA) is 83.7 Å². The van der Waals surface area contributed by atoms with Gasteiger partial charge in [0.1, 0.15) is 0 Å². The number of anilines is 1. The molecule has 6 nitrogen and oxygen atoms in total. The van der Waals surface area contributed by atoms with E-state index in [0.717, 1.165) is 36.9 Å². The van der Waals surface area contributed by atoms with Crippen molar-refractivity contribution in [2.75, 3.05) is 25.5 Å². The van der Waals surface area contributed by atoms with Gasteiger partial charge < -0.3 is 10.6 Å². The first-order valence-electron chi connectivity index (χ1n) is 8.42. The van der Waals surface area contributed by atoms with Crippen molar-refractivity contribution in [1.82, 2.24) is 4.31 Å². The molecule has 8 heteroatoms. The molecule has 0 spiro atoms. The van der Waals surface area contributed by atoms with Gasteiger partial charge in [-0.05, 0) is 42.9 Å². The summed E-state index contributed by atoms with van der Waals surface area (Å²) in [6.45, 7) is 0.613. The van der Waals surface area contributed by atoms with E-state index in [1.54, 1.807) is 17.0 Å². The third-order valence-electron chi connectivity index (χ3n) is 5.19. The van der Waals surface area contributed by atoms with Gasteiger partial charge in [0.2, 0.25) is 15.9 Å². The Bertz CT molecular complexity index is 752. The number of rotatable bonds is 4. The molecule has 1 fully saturated rings. The fourth-order valence-electron chi connectivity index (χ4n) is 3.64. The van der Waals surface area contributed by atoms with Crippen LogP contribution in [0.2, 0.25) is 0 Å². The van der Waals surface area contributed by atoms with Crippen LogP contribution in [0.15, 0.2) is 23.1 Å². The molecule has 25 heavy (non-hydrogen) atoms. The van der Waals surface area contributed by atoms with E-state index in [-0.39, 0.29) is 35.2 Å². The van der Waals surface area contributed by atoms with Crippen LogP contribution in [-0.2, 0) is 21.2 Å². The van der Waals surface area contributed by atoms with Gasteiger partial charge in [0, 0.05) is 38.8 Å². The van der Waals surface area contributed by atoms with Crippen LogP contribution in [0.5, 0.6) is 0 Å². The lowest BCUT2D eigenvalue weighted by atomic mass is 9.99. The summed E-state index contributed by atoms with van der Waals surface area (Å²) in [6, 6.07) is 5.18. The quantitative estimate of drug-likeness (QED) is 0.853. The zero-order valence-corrected chi connectivity index (χ0v) is 16.3. The number of sulfonamides is 1. The summed E-state index contributed by atoms with van der Waals surface area (Å²) in [5.74, 6) is 0.297. The lowest BCUT2D eigenvalue weighted by Crippen LogP contribution is -2.34. The highest BCUT2D eigenvalue weighted by molar-refractivity contribution is 7.89. The van der Waals surface area contributed by atoms with Gasteiger partial charge >= 0.3 is 0 Å². The van der Waals surface area contributed by atoms with E-state index in [1.807, 2.05) is 6.07 Å². The molecule has 2 atom stereocenters. The molecule has 1 amide bonds. The molecule has 0 unspecified atom stereocenters. The average molecular weight is 388 g/mol. The van der Waals surface area contributed by atoms with Gasteiger partial charge in [0.05, 0.1) is 4.90 Å². The number of benzene rings is 1. The molecule has 0 radical (unpaired) electrons. The van der Waals surface area contributed by atoms with Crippen LogP contribution in [0.1, 0.15) is 31.2 Å². The van der Waals surface area contributed by atoms with E-state index in [4.69, 9.17) is 5.73 Å². The minimum atomic E-state index is -3.50. The number of nitrogens with two attached hydrogens (primary N) is 1. The molecule has 1 aliphatic carbocycles. The second kappa shape index (κ2) is 7.61. The Hall–Kier alpha value is -1.15. The Labute approximate surface area is 155 Å². The summed E-state index contributed by atoms with van der Waals surface area (Å²) in [5.41, 5.74) is 7.84. The zero-order valence-electron chi connectivity index (χ0n) is 14.6. The van der Waals surface area contributed by atoms with Crippen molar-refractivity contribution in [2.24, 2.45) is 11.7 Å². The van der Waals surface area contributed by atoms with Gasteiger partial charge in [-0.1, -0.05) is 12.5 Å². The highest BCUT2D eigenvalue weighted by Crippen LogP contribution is 2.34. The van der Waals surface area contributed by atoms with Crippen molar-refractivity contribution >= 4 is 34.0 Å². The lowest BCUT2D eigenvalue weighted by Gasteiger charge is -2.22. The molecule has 1 aliphatic heterocycles. The molecule has 2 aliphatic rings. The zero-order chi connectivity index (χ0) is 17.5. The van der Waals surface area contributed by atoms with E-state index < -0.39 is 10.0 Å². The maximum atomic E-state index is 12.7. The van der Waals surface area contributed by atoms with E-state index in [0.29, 0.717) is 13.0 Å². The van der Waals surface area contributed by atoms with E-state index in [2.05, 4.69) is 0 Å². The van der Waals surface area contributed by atoms with Crippen molar-refractivity contribution in [3.63, 3.8) is 0 Å². The van der Waals surface area contributed by atoms with Crippen molar-refractivity contribution in [1.29, 1.82) is 0 Å². The van der Waals surface area contributed by atoms with Gasteiger partial charge in [-0.3, -0.25) is 4.79 Å². The minimum absolute atomic E-state index is 0. The number of fused-ring (bicyclic) bond motifs is 1. The summed E-state index contributed by atoms with van der Waals surface area (Å²) in [6.07, 6.45) is 4.29. The third-order valence-corrected chi connectivity index (χ3v) is 7.00. The molecule has 1 saturated carbocycles. The van der Waals surface area contributed by atoms with Crippen LogP contribution in [0.4, 0.5) is 5.69 Å². The smallest absolute Gasteiger partial charge is 0.242 e. The molecule has 1 heterocycles. The van der Waals surface area contributed by atoms with Crippen LogP contribution in [0.3, 0.4) is 0 Å². The highest BCUT2D eigenvalue weighted by Gasteiger charge is 2.32. The Balaban J connectivity index is 0.00000225. The molecule has 0 saturated heterocycles. The second-order valence-electron chi connectivity index (χ2n) is 6.93. The first kappa shape index (κ1) is 20.2. The molecule has 1 aromatic carbocycles. The first-order chi connectivity index (χ1) is 11.3. The molecule has 0 aromatic heterocycles. The average Bonchev–Trinajstić information content (AvgIpc) is 3.13. The number of nitrogens with zero attached hydrogens (tertiary/aromatic N) is 2. The predicted octanol–water partition coefficient (Wildman–Crippen LogP) is 1.77. The summed E-state index contributed by atoms with van der Waals surface area (Å²) < 4.78 is 25.9. The maximum Gasteiger partial charge on any atom is 0.242 e. The maximum absolute atomic E-state index is 12.7.